The molecule has 0 bridgehead atoms. The van der Waals surface area contributed by atoms with Crippen molar-refractivity contribution < 1.29 is 19.1 Å². The molecule has 2 aromatic heterocycles. The van der Waals surface area contributed by atoms with Crippen molar-refractivity contribution in [1.82, 2.24) is 30.8 Å². The molecule has 35 heavy (non-hydrogen) atoms. The number of unbranched alkanes of at least 4 members (excludes halogenated alkanes) is 1. The Bertz CT molecular complexity index is 921. The number of amides is 4. The van der Waals surface area contributed by atoms with Gasteiger partial charge in [-0.25, -0.2) is 14.6 Å². The maximum Gasteiger partial charge on any atom is 0.407 e. The summed E-state index contributed by atoms with van der Waals surface area (Å²) in [5.41, 5.74) is 8.14. The van der Waals surface area contributed by atoms with Crippen LogP contribution in [0.2, 0.25) is 0 Å². The van der Waals surface area contributed by atoms with Crippen LogP contribution in [0, 0.1) is 0 Å². The van der Waals surface area contributed by atoms with Crippen LogP contribution in [0.5, 0.6) is 0 Å². The first-order valence-electron chi connectivity index (χ1n) is 11.5. The molecular formula is C22H35N7O4S2. The van der Waals surface area contributed by atoms with Crippen LogP contribution < -0.4 is 21.7 Å². The number of thiazole rings is 2. The number of ether oxygens (including phenoxy) is 1. The van der Waals surface area contributed by atoms with Crippen molar-refractivity contribution in [2.75, 3.05) is 26.7 Å². The Morgan fingerprint density at radius 3 is 2.54 bits per heavy atom. The van der Waals surface area contributed by atoms with Crippen molar-refractivity contribution in [3.63, 3.8) is 0 Å². The second-order valence-electron chi connectivity index (χ2n) is 8.24. The van der Waals surface area contributed by atoms with Gasteiger partial charge in [-0.05, 0) is 25.8 Å². The summed E-state index contributed by atoms with van der Waals surface area (Å²) in [6.07, 6.45) is 2.81. The predicted octanol–water partition coefficient (Wildman–Crippen LogP) is 2.40. The fourth-order valence-corrected chi connectivity index (χ4v) is 4.28. The molecule has 0 spiro atoms. The zero-order valence-electron chi connectivity index (χ0n) is 20.4. The fraction of sp³-hybridized carbons (Fsp3) is 0.591. The van der Waals surface area contributed by atoms with E-state index in [-0.39, 0.29) is 25.1 Å². The first-order valence-corrected chi connectivity index (χ1v) is 13.3. The summed E-state index contributed by atoms with van der Waals surface area (Å²) in [6.45, 7) is 5.81. The normalized spacial score (nSPS) is 11.7. The summed E-state index contributed by atoms with van der Waals surface area (Å²) in [7, 11) is 1.66. The molecule has 11 nitrogen and oxygen atoms in total. The van der Waals surface area contributed by atoms with Crippen molar-refractivity contribution in [2.24, 2.45) is 5.73 Å². The smallest absolute Gasteiger partial charge is 0.407 e. The van der Waals surface area contributed by atoms with Gasteiger partial charge in [-0.3, -0.25) is 9.78 Å². The minimum absolute atomic E-state index is 0.193. The van der Waals surface area contributed by atoms with E-state index in [2.05, 4.69) is 39.8 Å². The van der Waals surface area contributed by atoms with Gasteiger partial charge in [0.25, 0.3) is 0 Å². The Morgan fingerprint density at radius 1 is 1.17 bits per heavy atom. The molecule has 2 rings (SSSR count). The zero-order valence-corrected chi connectivity index (χ0v) is 22.0. The minimum atomic E-state index is -0.726. The molecule has 0 radical (unpaired) electrons. The fourth-order valence-electron chi connectivity index (χ4n) is 2.95. The molecule has 0 aliphatic carbocycles. The molecule has 4 amide bonds. The molecule has 2 heterocycles. The summed E-state index contributed by atoms with van der Waals surface area (Å²) < 4.78 is 5.09. The van der Waals surface area contributed by atoms with Crippen LogP contribution in [0.15, 0.2) is 17.1 Å². The highest BCUT2D eigenvalue weighted by Gasteiger charge is 2.22. The molecule has 2 aromatic rings. The van der Waals surface area contributed by atoms with Gasteiger partial charge in [0.15, 0.2) is 0 Å². The third-order valence-electron chi connectivity index (χ3n) is 4.88. The summed E-state index contributed by atoms with van der Waals surface area (Å²) >= 11 is 2.99. The average Bonchev–Trinajstić information content (AvgIpc) is 3.51. The first-order chi connectivity index (χ1) is 16.8. The lowest BCUT2D eigenvalue weighted by atomic mass is 10.2. The summed E-state index contributed by atoms with van der Waals surface area (Å²) in [5, 5.41) is 11.2. The largest absolute Gasteiger partial charge is 0.444 e. The number of nitrogens with zero attached hydrogens (tertiary/aromatic N) is 3. The molecule has 194 valence electrons. The maximum absolute atomic E-state index is 12.6. The lowest BCUT2D eigenvalue weighted by molar-refractivity contribution is -0.123. The summed E-state index contributed by atoms with van der Waals surface area (Å²) in [5.74, 6) is 0.0502. The monoisotopic (exact) mass is 525 g/mol. The Hall–Kier alpha value is -2.77. The van der Waals surface area contributed by atoms with Crippen molar-refractivity contribution in [1.29, 1.82) is 0 Å². The number of carbonyl (C=O) groups excluding carboxylic acids is 3. The molecular weight excluding hydrogens is 490 g/mol. The highest BCUT2D eigenvalue weighted by molar-refractivity contribution is 7.09. The number of nitrogens with two attached hydrogens (primary N) is 1. The molecule has 0 saturated carbocycles. The number of hydrogen-bond acceptors (Lipinski definition) is 9. The number of hydrogen-bond donors (Lipinski definition) is 4. The van der Waals surface area contributed by atoms with Gasteiger partial charge < -0.3 is 31.3 Å². The zero-order chi connectivity index (χ0) is 25.6. The van der Waals surface area contributed by atoms with Crippen LogP contribution in [-0.2, 0) is 22.7 Å². The number of rotatable bonds is 14. The van der Waals surface area contributed by atoms with E-state index in [0.717, 1.165) is 15.6 Å². The standard InChI is InChI=1S/C22H35N7O4S2/c1-15(2)20-27-16(13-34-20)11-29(3)21(31)28-18(6-7-23)19(30)25-8-4-5-9-26-22(32)33-12-17-10-24-14-35-17/h10,13-15,18H,4-9,11-12,23H2,1-3H3,(H,25,30)(H,26,32)(H,28,31)/t18-/m0/s1. The molecule has 0 aromatic carbocycles. The van der Waals surface area contributed by atoms with Crippen LogP contribution in [-0.4, -0.2) is 65.6 Å². The van der Waals surface area contributed by atoms with Gasteiger partial charge in [-0.2, -0.15) is 0 Å². The molecule has 1 atom stereocenters. The topological polar surface area (TPSA) is 152 Å². The molecule has 5 N–H and O–H groups in total. The lowest BCUT2D eigenvalue weighted by Crippen LogP contribution is -2.51. The maximum atomic E-state index is 12.6. The highest BCUT2D eigenvalue weighted by atomic mass is 32.1. The van der Waals surface area contributed by atoms with Gasteiger partial charge in [-0.1, -0.05) is 13.8 Å². The molecule has 13 heteroatoms. The van der Waals surface area contributed by atoms with E-state index in [1.807, 2.05) is 5.38 Å². The van der Waals surface area contributed by atoms with Gasteiger partial charge in [0.2, 0.25) is 5.91 Å². The summed E-state index contributed by atoms with van der Waals surface area (Å²) in [6, 6.07) is -1.09. The van der Waals surface area contributed by atoms with Crippen molar-refractivity contribution >= 4 is 40.7 Å². The van der Waals surface area contributed by atoms with E-state index in [4.69, 9.17) is 10.5 Å². The number of aromatic nitrogens is 2. The second-order valence-corrected chi connectivity index (χ2v) is 10.1. The van der Waals surface area contributed by atoms with Gasteiger partial charge in [-0.15, -0.1) is 22.7 Å². The summed E-state index contributed by atoms with van der Waals surface area (Å²) in [4.78, 5) is 47.7. The average molecular weight is 526 g/mol. The Labute approximate surface area is 213 Å². The molecule has 0 saturated heterocycles. The van der Waals surface area contributed by atoms with Gasteiger partial charge >= 0.3 is 12.1 Å². The Balaban J connectivity index is 1.64. The SMILES string of the molecule is CC(C)c1nc(CN(C)C(=O)N[C@@H](CCN)C(=O)NCCCCNC(=O)OCc2cncs2)cs1. The van der Waals surface area contributed by atoms with E-state index in [1.54, 1.807) is 30.1 Å². The molecule has 0 aliphatic heterocycles. The Morgan fingerprint density at radius 2 is 1.91 bits per heavy atom. The minimum Gasteiger partial charge on any atom is -0.444 e. The number of carbonyl (C=O) groups is 3. The van der Waals surface area contributed by atoms with Crippen molar-refractivity contribution in [2.45, 2.75) is 58.2 Å². The van der Waals surface area contributed by atoms with Gasteiger partial charge in [0, 0.05) is 37.6 Å². The van der Waals surface area contributed by atoms with Gasteiger partial charge in [0.1, 0.15) is 12.6 Å². The van der Waals surface area contributed by atoms with E-state index in [9.17, 15) is 14.4 Å². The van der Waals surface area contributed by atoms with Crippen molar-refractivity contribution in [3.8, 4) is 0 Å². The quantitative estimate of drug-likeness (QED) is 0.276. The number of alkyl carbamates (subject to hydrolysis) is 1. The van der Waals surface area contributed by atoms with E-state index < -0.39 is 12.1 Å². The predicted molar refractivity (Wildman–Crippen MR) is 136 cm³/mol. The van der Waals surface area contributed by atoms with Crippen LogP contribution >= 0.6 is 22.7 Å². The van der Waals surface area contributed by atoms with Gasteiger partial charge in [0.05, 0.1) is 27.6 Å². The molecule has 0 fully saturated rings. The van der Waals surface area contributed by atoms with Crippen LogP contribution in [0.4, 0.5) is 9.59 Å². The highest BCUT2D eigenvalue weighted by Crippen LogP contribution is 2.19. The van der Waals surface area contributed by atoms with E-state index >= 15 is 0 Å². The van der Waals surface area contributed by atoms with E-state index in [1.165, 1.54) is 16.2 Å². The first kappa shape index (κ1) is 28.5. The van der Waals surface area contributed by atoms with Crippen molar-refractivity contribution in [3.05, 3.63) is 32.7 Å². The lowest BCUT2D eigenvalue weighted by Gasteiger charge is -2.22. The van der Waals surface area contributed by atoms with Crippen LogP contribution in [0.1, 0.15) is 54.6 Å². The van der Waals surface area contributed by atoms with Crippen LogP contribution in [0.3, 0.4) is 0 Å². The Kier molecular flexibility index (Phi) is 12.4. The molecule has 0 unspecified atom stereocenters. The van der Waals surface area contributed by atoms with Crippen LogP contribution in [0.25, 0.3) is 0 Å². The van der Waals surface area contributed by atoms with E-state index in [0.29, 0.717) is 44.8 Å². The second kappa shape index (κ2) is 15.3. The number of nitrogens with one attached hydrogen (secondary N) is 3. The number of urea groups is 1. The molecule has 0 aliphatic rings. The third-order valence-corrected chi connectivity index (χ3v) is 6.83. The third kappa shape index (κ3) is 10.6.